The van der Waals surface area contributed by atoms with Gasteiger partial charge in [-0.15, -0.1) is 0 Å². The van der Waals surface area contributed by atoms with Crippen LogP contribution in [0.3, 0.4) is 0 Å². The van der Waals surface area contributed by atoms with Crippen molar-refractivity contribution in [2.24, 2.45) is 0 Å². The quantitative estimate of drug-likeness (QED) is 0.464. The van der Waals surface area contributed by atoms with Gasteiger partial charge in [0.2, 0.25) is 0 Å². The van der Waals surface area contributed by atoms with Crippen LogP contribution in [0.5, 0.6) is 0 Å². The molecule has 0 aliphatic heterocycles. The summed E-state index contributed by atoms with van der Waals surface area (Å²) in [6, 6.07) is 18.0. The van der Waals surface area contributed by atoms with Gasteiger partial charge >= 0.3 is 0 Å². The normalized spacial score (nSPS) is 10.5. The van der Waals surface area contributed by atoms with Crippen LogP contribution >= 0.6 is 0 Å². The first-order chi connectivity index (χ1) is 8.29. The third-order valence-corrected chi connectivity index (χ3v) is 3.00. The first-order valence-electron chi connectivity index (χ1n) is 5.41. The first-order valence-corrected chi connectivity index (χ1v) is 5.41. The van der Waals surface area contributed by atoms with Crippen molar-refractivity contribution in [3.63, 3.8) is 0 Å². The van der Waals surface area contributed by atoms with E-state index in [1.54, 1.807) is 0 Å². The minimum atomic E-state index is 0.685. The lowest BCUT2D eigenvalue weighted by Crippen LogP contribution is -1.88. The molecule has 0 bridgehead atoms. The van der Waals surface area contributed by atoms with Crippen molar-refractivity contribution in [2.45, 2.75) is 0 Å². The lowest BCUT2D eigenvalue weighted by atomic mass is 9.97. The van der Waals surface area contributed by atoms with Crippen LogP contribution in [0.1, 0.15) is 5.56 Å². The number of fused-ring (bicyclic) bond motifs is 2. The molecule has 0 aromatic heterocycles. The van der Waals surface area contributed by atoms with Crippen LogP contribution in [0.15, 0.2) is 48.5 Å². The third-order valence-electron chi connectivity index (χ3n) is 3.00. The summed E-state index contributed by atoms with van der Waals surface area (Å²) in [5, 5.41) is 13.4. The van der Waals surface area contributed by atoms with Gasteiger partial charge in [0.25, 0.3) is 0 Å². The van der Waals surface area contributed by atoms with Crippen LogP contribution in [0.4, 0.5) is 5.69 Å². The molecule has 0 unspecified atom stereocenters. The molecule has 0 amide bonds. The Morgan fingerprint density at radius 1 is 0.882 bits per heavy atom. The van der Waals surface area contributed by atoms with Crippen molar-refractivity contribution in [1.29, 1.82) is 5.26 Å². The molecule has 0 atom stereocenters. The maximum Gasteiger partial charge on any atom is 0.100 e. The van der Waals surface area contributed by atoms with Crippen molar-refractivity contribution in [3.05, 3.63) is 54.1 Å². The number of rotatable bonds is 0. The van der Waals surface area contributed by atoms with Gasteiger partial charge in [-0.05, 0) is 29.0 Å². The van der Waals surface area contributed by atoms with Crippen molar-refractivity contribution in [1.82, 2.24) is 0 Å². The monoisotopic (exact) mass is 218 g/mol. The zero-order valence-corrected chi connectivity index (χ0v) is 9.14. The second kappa shape index (κ2) is 3.50. The fourth-order valence-corrected chi connectivity index (χ4v) is 2.20. The van der Waals surface area contributed by atoms with E-state index in [0.717, 1.165) is 21.5 Å². The summed E-state index contributed by atoms with van der Waals surface area (Å²) < 4.78 is 0. The lowest BCUT2D eigenvalue weighted by molar-refractivity contribution is 1.52. The van der Waals surface area contributed by atoms with Crippen molar-refractivity contribution < 1.29 is 0 Å². The molecule has 80 valence electrons. The Kier molecular flexibility index (Phi) is 1.99. The highest BCUT2D eigenvalue weighted by molar-refractivity contribution is 6.05. The van der Waals surface area contributed by atoms with Crippen LogP contribution in [-0.4, -0.2) is 0 Å². The molecular formula is C15H10N2. The molecule has 0 spiro atoms. The molecule has 0 saturated carbocycles. The predicted molar refractivity (Wildman–Crippen MR) is 70.6 cm³/mol. The molecule has 2 nitrogen and oxygen atoms in total. The number of hydrogen-bond acceptors (Lipinski definition) is 2. The van der Waals surface area contributed by atoms with Gasteiger partial charge in [0, 0.05) is 16.5 Å². The molecule has 0 aliphatic carbocycles. The van der Waals surface area contributed by atoms with Crippen molar-refractivity contribution >= 4 is 27.2 Å². The fourth-order valence-electron chi connectivity index (χ4n) is 2.20. The van der Waals surface area contributed by atoms with E-state index in [4.69, 9.17) is 5.73 Å². The maximum absolute atomic E-state index is 9.33. The number of hydrogen-bond donors (Lipinski definition) is 1. The number of nitrogen functional groups attached to an aromatic ring is 1. The summed E-state index contributed by atoms with van der Waals surface area (Å²) in [4.78, 5) is 0. The molecule has 3 aromatic rings. The summed E-state index contributed by atoms with van der Waals surface area (Å²) in [5.41, 5.74) is 7.17. The van der Waals surface area contributed by atoms with E-state index in [1.165, 1.54) is 0 Å². The minimum absolute atomic E-state index is 0.685. The molecule has 0 fully saturated rings. The predicted octanol–water partition coefficient (Wildman–Crippen LogP) is 3.45. The van der Waals surface area contributed by atoms with Gasteiger partial charge in [-0.3, -0.25) is 0 Å². The highest BCUT2D eigenvalue weighted by atomic mass is 14.5. The topological polar surface area (TPSA) is 49.8 Å². The average Bonchev–Trinajstić information content (AvgIpc) is 2.36. The van der Waals surface area contributed by atoms with Gasteiger partial charge in [0.05, 0.1) is 5.56 Å². The summed E-state index contributed by atoms with van der Waals surface area (Å²) >= 11 is 0. The van der Waals surface area contributed by atoms with Gasteiger partial charge in [0.15, 0.2) is 0 Å². The first kappa shape index (κ1) is 9.68. The molecule has 2 N–H and O–H groups in total. The number of nitriles is 1. The van der Waals surface area contributed by atoms with Gasteiger partial charge in [-0.2, -0.15) is 5.26 Å². The largest absolute Gasteiger partial charge is 0.399 e. The summed E-state index contributed by atoms with van der Waals surface area (Å²) in [6.45, 7) is 0. The highest BCUT2D eigenvalue weighted by Crippen LogP contribution is 2.29. The number of nitrogens with two attached hydrogens (primary N) is 1. The van der Waals surface area contributed by atoms with E-state index in [-0.39, 0.29) is 0 Å². The van der Waals surface area contributed by atoms with E-state index in [2.05, 4.69) is 12.1 Å². The van der Waals surface area contributed by atoms with Crippen LogP contribution in [0.2, 0.25) is 0 Å². The zero-order valence-electron chi connectivity index (χ0n) is 9.14. The second-order valence-corrected chi connectivity index (χ2v) is 4.07. The zero-order chi connectivity index (χ0) is 11.8. The van der Waals surface area contributed by atoms with Crippen molar-refractivity contribution in [3.8, 4) is 6.07 Å². The van der Waals surface area contributed by atoms with E-state index < -0.39 is 0 Å². The Labute approximate surface area is 98.9 Å². The van der Waals surface area contributed by atoms with E-state index in [9.17, 15) is 5.26 Å². The summed E-state index contributed by atoms with van der Waals surface area (Å²) in [5.74, 6) is 0. The standard InChI is InChI=1S/C15H10N2/c16-9-15-13-4-2-1-3-10(13)7-11-5-6-12(17)8-14(11)15/h1-8H,17H2. The maximum atomic E-state index is 9.33. The van der Waals surface area contributed by atoms with Gasteiger partial charge < -0.3 is 5.73 Å². The van der Waals surface area contributed by atoms with Crippen LogP contribution in [0.25, 0.3) is 21.5 Å². The number of nitrogens with zero attached hydrogens (tertiary/aromatic N) is 1. The minimum Gasteiger partial charge on any atom is -0.399 e. The molecule has 3 rings (SSSR count). The lowest BCUT2D eigenvalue weighted by Gasteiger charge is -2.06. The van der Waals surface area contributed by atoms with E-state index in [1.807, 2.05) is 42.5 Å². The molecule has 17 heavy (non-hydrogen) atoms. The molecule has 0 heterocycles. The van der Waals surface area contributed by atoms with Crippen LogP contribution in [0, 0.1) is 11.3 Å². The molecule has 0 aliphatic rings. The average molecular weight is 218 g/mol. The Bertz CT molecular complexity index is 767. The van der Waals surface area contributed by atoms with E-state index in [0.29, 0.717) is 11.3 Å². The molecule has 0 radical (unpaired) electrons. The third kappa shape index (κ3) is 1.41. The van der Waals surface area contributed by atoms with Crippen LogP contribution < -0.4 is 5.73 Å². The molecule has 2 heteroatoms. The second-order valence-electron chi connectivity index (χ2n) is 4.07. The Hall–Kier alpha value is -2.53. The SMILES string of the molecule is N#Cc1c2ccccc2cc2ccc(N)cc12. The van der Waals surface area contributed by atoms with Gasteiger partial charge in [-0.1, -0.05) is 30.3 Å². The van der Waals surface area contributed by atoms with Gasteiger partial charge in [-0.25, -0.2) is 0 Å². The summed E-state index contributed by atoms with van der Waals surface area (Å²) in [6.07, 6.45) is 0. The molecule has 3 aromatic carbocycles. The smallest absolute Gasteiger partial charge is 0.100 e. The van der Waals surface area contributed by atoms with Gasteiger partial charge in [0.1, 0.15) is 6.07 Å². The van der Waals surface area contributed by atoms with E-state index >= 15 is 0 Å². The molecule has 0 saturated heterocycles. The number of anilines is 1. The Morgan fingerprint density at radius 3 is 2.47 bits per heavy atom. The van der Waals surface area contributed by atoms with Crippen molar-refractivity contribution in [2.75, 3.05) is 5.73 Å². The fraction of sp³-hybridized carbons (Fsp3) is 0. The Balaban J connectivity index is 2.60. The van der Waals surface area contributed by atoms with Crippen LogP contribution in [-0.2, 0) is 0 Å². The summed E-state index contributed by atoms with van der Waals surface area (Å²) in [7, 11) is 0. The molecular weight excluding hydrogens is 208 g/mol. The Morgan fingerprint density at radius 2 is 1.65 bits per heavy atom. The number of benzene rings is 3. The highest BCUT2D eigenvalue weighted by Gasteiger charge is 2.06.